The maximum Gasteiger partial charge on any atom is 0.133 e. The molecule has 62 valence electrons. The Labute approximate surface area is 71.0 Å². The number of aryl methyl sites for hydroxylation is 2. The van der Waals surface area contributed by atoms with Crippen molar-refractivity contribution in [3.8, 4) is 5.75 Å². The molecular formula is C8H13NOS. The fraction of sp³-hybridized carbons (Fsp3) is 0.500. The highest BCUT2D eigenvalue weighted by Crippen LogP contribution is 2.27. The Morgan fingerprint density at radius 1 is 1.55 bits per heavy atom. The largest absolute Gasteiger partial charge is 0.491 e. The molecule has 1 aromatic rings. The van der Waals surface area contributed by atoms with Crippen LogP contribution in [0.5, 0.6) is 5.75 Å². The number of ether oxygens (including phenoxy) is 1. The van der Waals surface area contributed by atoms with Crippen LogP contribution < -0.4 is 10.5 Å². The number of hydrogen-bond donors (Lipinski definition) is 1. The maximum absolute atomic E-state index is 5.39. The zero-order chi connectivity index (χ0) is 8.27. The van der Waals surface area contributed by atoms with E-state index in [0.29, 0.717) is 13.2 Å². The van der Waals surface area contributed by atoms with Gasteiger partial charge in [-0.25, -0.2) is 0 Å². The van der Waals surface area contributed by atoms with E-state index in [4.69, 9.17) is 10.5 Å². The molecule has 1 rings (SSSR count). The molecule has 0 unspecified atom stereocenters. The van der Waals surface area contributed by atoms with Crippen molar-refractivity contribution >= 4 is 11.3 Å². The van der Waals surface area contributed by atoms with Crippen LogP contribution >= 0.6 is 11.3 Å². The first-order chi connectivity index (χ1) is 5.24. The topological polar surface area (TPSA) is 35.2 Å². The van der Waals surface area contributed by atoms with Crippen LogP contribution in [0.2, 0.25) is 0 Å². The summed E-state index contributed by atoms with van der Waals surface area (Å²) >= 11 is 1.75. The Bertz CT molecular complexity index is 232. The van der Waals surface area contributed by atoms with E-state index in [1.807, 2.05) is 0 Å². The second kappa shape index (κ2) is 3.74. The molecule has 2 N–H and O–H groups in total. The van der Waals surface area contributed by atoms with E-state index >= 15 is 0 Å². The van der Waals surface area contributed by atoms with Crippen LogP contribution in [-0.4, -0.2) is 13.2 Å². The molecule has 0 fully saturated rings. The van der Waals surface area contributed by atoms with Crippen LogP contribution in [-0.2, 0) is 0 Å². The second-order valence-electron chi connectivity index (χ2n) is 2.41. The molecule has 0 aliphatic carbocycles. The van der Waals surface area contributed by atoms with Crippen molar-refractivity contribution in [1.82, 2.24) is 0 Å². The lowest BCUT2D eigenvalue weighted by molar-refractivity contribution is 0.327. The number of hydrogen-bond acceptors (Lipinski definition) is 3. The summed E-state index contributed by atoms with van der Waals surface area (Å²) in [6.45, 7) is 5.32. The van der Waals surface area contributed by atoms with Crippen molar-refractivity contribution < 1.29 is 4.74 Å². The zero-order valence-electron chi connectivity index (χ0n) is 6.89. The van der Waals surface area contributed by atoms with E-state index in [0.717, 1.165) is 5.75 Å². The molecule has 1 aromatic heterocycles. The molecule has 0 aliphatic heterocycles. The van der Waals surface area contributed by atoms with Crippen LogP contribution in [0.15, 0.2) is 6.07 Å². The second-order valence-corrected chi connectivity index (χ2v) is 3.88. The van der Waals surface area contributed by atoms with E-state index in [2.05, 4.69) is 19.9 Å². The van der Waals surface area contributed by atoms with Crippen LogP contribution in [0, 0.1) is 13.8 Å². The summed E-state index contributed by atoms with van der Waals surface area (Å²) in [4.78, 5) is 2.52. The third-order valence-electron chi connectivity index (χ3n) is 1.37. The van der Waals surface area contributed by atoms with Gasteiger partial charge in [-0.3, -0.25) is 0 Å². The van der Waals surface area contributed by atoms with Crippen molar-refractivity contribution in [2.75, 3.05) is 13.2 Å². The van der Waals surface area contributed by atoms with Crippen molar-refractivity contribution in [1.29, 1.82) is 0 Å². The Balaban J connectivity index is 2.62. The first kappa shape index (κ1) is 8.56. The van der Waals surface area contributed by atoms with Crippen molar-refractivity contribution in [2.24, 2.45) is 5.73 Å². The smallest absolute Gasteiger partial charge is 0.133 e. The van der Waals surface area contributed by atoms with Gasteiger partial charge in [-0.05, 0) is 19.9 Å². The summed E-state index contributed by atoms with van der Waals surface area (Å²) < 4.78 is 5.39. The summed E-state index contributed by atoms with van der Waals surface area (Å²) in [5.41, 5.74) is 5.31. The standard InChI is InChI=1S/C8H13NOS/c1-6-5-8(7(2)11-6)10-4-3-9/h5H,3-4,9H2,1-2H3. The highest BCUT2D eigenvalue weighted by Gasteiger charge is 2.01. The molecule has 3 heteroatoms. The molecule has 0 bridgehead atoms. The average molecular weight is 171 g/mol. The van der Waals surface area contributed by atoms with Gasteiger partial charge in [0, 0.05) is 16.3 Å². The summed E-state index contributed by atoms with van der Waals surface area (Å²) in [6.07, 6.45) is 0. The summed E-state index contributed by atoms with van der Waals surface area (Å²) in [6, 6.07) is 2.05. The van der Waals surface area contributed by atoms with E-state index in [-0.39, 0.29) is 0 Å². The van der Waals surface area contributed by atoms with Gasteiger partial charge in [-0.2, -0.15) is 0 Å². The lowest BCUT2D eigenvalue weighted by Crippen LogP contribution is -2.10. The molecule has 0 amide bonds. The number of rotatable bonds is 3. The minimum Gasteiger partial charge on any atom is -0.491 e. The Kier molecular flexibility index (Phi) is 2.91. The van der Waals surface area contributed by atoms with Gasteiger partial charge in [0.2, 0.25) is 0 Å². The molecule has 11 heavy (non-hydrogen) atoms. The predicted octanol–water partition coefficient (Wildman–Crippen LogP) is 1.70. The van der Waals surface area contributed by atoms with E-state index in [1.54, 1.807) is 11.3 Å². The lowest BCUT2D eigenvalue weighted by Gasteiger charge is -2.01. The van der Waals surface area contributed by atoms with Gasteiger partial charge in [0.15, 0.2) is 0 Å². The molecule has 0 atom stereocenters. The van der Waals surface area contributed by atoms with Gasteiger partial charge in [-0.1, -0.05) is 0 Å². The average Bonchev–Trinajstić information content (AvgIpc) is 2.26. The third-order valence-corrected chi connectivity index (χ3v) is 2.32. The first-order valence-electron chi connectivity index (χ1n) is 3.64. The van der Waals surface area contributed by atoms with E-state index < -0.39 is 0 Å². The van der Waals surface area contributed by atoms with Gasteiger partial charge >= 0.3 is 0 Å². The fourth-order valence-corrected chi connectivity index (χ4v) is 1.79. The number of thiophene rings is 1. The lowest BCUT2D eigenvalue weighted by atomic mass is 10.4. The van der Waals surface area contributed by atoms with E-state index in [9.17, 15) is 0 Å². The normalized spacial score (nSPS) is 10.1. The van der Waals surface area contributed by atoms with Gasteiger partial charge in [0.1, 0.15) is 12.4 Å². The fourth-order valence-electron chi connectivity index (χ4n) is 0.920. The Morgan fingerprint density at radius 3 is 2.73 bits per heavy atom. The summed E-state index contributed by atoms with van der Waals surface area (Å²) in [7, 11) is 0. The quantitative estimate of drug-likeness (QED) is 0.751. The molecular weight excluding hydrogens is 158 g/mol. The highest BCUT2D eigenvalue weighted by atomic mass is 32.1. The Hall–Kier alpha value is -0.540. The number of nitrogens with two attached hydrogens (primary N) is 1. The molecule has 0 spiro atoms. The van der Waals surface area contributed by atoms with Gasteiger partial charge in [0.25, 0.3) is 0 Å². The summed E-state index contributed by atoms with van der Waals surface area (Å²) in [5.74, 6) is 0.984. The molecule has 0 radical (unpaired) electrons. The molecule has 1 heterocycles. The molecule has 0 saturated heterocycles. The van der Waals surface area contributed by atoms with Crippen molar-refractivity contribution in [3.05, 3.63) is 15.8 Å². The minimum absolute atomic E-state index is 0.578. The predicted molar refractivity (Wildman–Crippen MR) is 48.3 cm³/mol. The van der Waals surface area contributed by atoms with E-state index in [1.165, 1.54) is 9.75 Å². The highest BCUT2D eigenvalue weighted by molar-refractivity contribution is 7.12. The molecule has 0 aliphatic rings. The first-order valence-corrected chi connectivity index (χ1v) is 4.45. The van der Waals surface area contributed by atoms with Crippen molar-refractivity contribution in [3.63, 3.8) is 0 Å². The van der Waals surface area contributed by atoms with Gasteiger partial charge in [0.05, 0.1) is 0 Å². The molecule has 0 saturated carbocycles. The SMILES string of the molecule is Cc1cc(OCCN)c(C)s1. The maximum atomic E-state index is 5.39. The molecule has 0 aromatic carbocycles. The molecule has 2 nitrogen and oxygen atoms in total. The monoisotopic (exact) mass is 171 g/mol. The van der Waals surface area contributed by atoms with Crippen LogP contribution in [0.3, 0.4) is 0 Å². The van der Waals surface area contributed by atoms with Crippen LogP contribution in [0.4, 0.5) is 0 Å². The van der Waals surface area contributed by atoms with Crippen LogP contribution in [0.25, 0.3) is 0 Å². The van der Waals surface area contributed by atoms with Gasteiger partial charge in [-0.15, -0.1) is 11.3 Å². The van der Waals surface area contributed by atoms with Gasteiger partial charge < -0.3 is 10.5 Å². The van der Waals surface area contributed by atoms with Crippen molar-refractivity contribution in [2.45, 2.75) is 13.8 Å². The zero-order valence-corrected chi connectivity index (χ0v) is 7.70. The van der Waals surface area contributed by atoms with Crippen LogP contribution in [0.1, 0.15) is 9.75 Å². The Morgan fingerprint density at radius 2 is 2.27 bits per heavy atom. The third kappa shape index (κ3) is 2.20. The summed E-state index contributed by atoms with van der Waals surface area (Å²) in [5, 5.41) is 0. The minimum atomic E-state index is 0.578.